The molecule has 1 aromatic carbocycles. The molecule has 1 atom stereocenters. The lowest BCUT2D eigenvalue weighted by Gasteiger charge is -2.23. The number of thiophene rings is 1. The van der Waals surface area contributed by atoms with Crippen molar-refractivity contribution in [1.82, 2.24) is 10.2 Å². The first-order valence-electron chi connectivity index (χ1n) is 7.05. The van der Waals surface area contributed by atoms with Crippen molar-refractivity contribution >= 4 is 17.2 Å². The number of hydrogen-bond acceptors (Lipinski definition) is 3. The molecule has 4 heteroatoms. The average molecular weight is 302 g/mol. The van der Waals surface area contributed by atoms with E-state index in [0.29, 0.717) is 6.54 Å². The molecule has 112 valence electrons. The normalized spacial score (nSPS) is 12.4. The second-order valence-corrected chi connectivity index (χ2v) is 6.43. The molecule has 0 saturated heterocycles. The molecule has 1 N–H and O–H groups in total. The molecule has 0 aliphatic carbocycles. The first kappa shape index (κ1) is 15.7. The summed E-state index contributed by atoms with van der Waals surface area (Å²) in [5.41, 5.74) is 2.95. The standard InChI is InChI=1S/C17H22N2OS/c1-12-7-5-8-14(13(12)2)17(20)18-11-15(19(3)4)16-9-6-10-21-16/h5-10,15H,11H2,1-4H3,(H,18,20). The Labute approximate surface area is 130 Å². The van der Waals surface area contributed by atoms with Gasteiger partial charge in [0.25, 0.3) is 5.91 Å². The first-order chi connectivity index (χ1) is 10.0. The van der Waals surface area contributed by atoms with Gasteiger partial charge in [0.05, 0.1) is 6.04 Å². The number of likely N-dealkylation sites (N-methyl/N-ethyl adjacent to an activating group) is 1. The molecule has 2 aromatic rings. The zero-order chi connectivity index (χ0) is 15.4. The van der Waals surface area contributed by atoms with E-state index in [1.807, 2.05) is 52.2 Å². The van der Waals surface area contributed by atoms with Gasteiger partial charge in [0.15, 0.2) is 0 Å². The minimum Gasteiger partial charge on any atom is -0.350 e. The second-order valence-electron chi connectivity index (χ2n) is 5.45. The highest BCUT2D eigenvalue weighted by Gasteiger charge is 2.17. The Morgan fingerprint density at radius 3 is 2.62 bits per heavy atom. The Morgan fingerprint density at radius 2 is 2.00 bits per heavy atom. The van der Waals surface area contributed by atoms with Crippen LogP contribution in [-0.2, 0) is 0 Å². The van der Waals surface area contributed by atoms with E-state index >= 15 is 0 Å². The molecule has 0 aliphatic heterocycles. The van der Waals surface area contributed by atoms with E-state index in [4.69, 9.17) is 0 Å². The number of carbonyl (C=O) groups excluding carboxylic acids is 1. The van der Waals surface area contributed by atoms with Crippen molar-refractivity contribution < 1.29 is 4.79 Å². The van der Waals surface area contributed by atoms with Gasteiger partial charge in [-0.1, -0.05) is 18.2 Å². The zero-order valence-corrected chi connectivity index (χ0v) is 13.8. The van der Waals surface area contributed by atoms with Crippen molar-refractivity contribution in [1.29, 1.82) is 0 Å². The molecule has 2 rings (SSSR count). The van der Waals surface area contributed by atoms with Crippen LogP contribution in [0.3, 0.4) is 0 Å². The third-order valence-electron chi connectivity index (χ3n) is 3.80. The van der Waals surface area contributed by atoms with Crippen LogP contribution in [0.15, 0.2) is 35.7 Å². The van der Waals surface area contributed by atoms with E-state index in [2.05, 4.69) is 21.7 Å². The molecular weight excluding hydrogens is 280 g/mol. The van der Waals surface area contributed by atoms with Crippen LogP contribution in [0.1, 0.15) is 32.4 Å². The number of rotatable bonds is 5. The van der Waals surface area contributed by atoms with Gasteiger partial charge in [0.1, 0.15) is 0 Å². The van der Waals surface area contributed by atoms with Gasteiger partial charge in [-0.3, -0.25) is 4.79 Å². The van der Waals surface area contributed by atoms with Crippen molar-refractivity contribution in [3.63, 3.8) is 0 Å². The maximum absolute atomic E-state index is 12.4. The number of amides is 1. The van der Waals surface area contributed by atoms with Crippen molar-refractivity contribution in [2.45, 2.75) is 19.9 Å². The maximum atomic E-state index is 12.4. The van der Waals surface area contributed by atoms with Crippen LogP contribution in [0.2, 0.25) is 0 Å². The monoisotopic (exact) mass is 302 g/mol. The number of carbonyl (C=O) groups is 1. The van der Waals surface area contributed by atoms with Crippen LogP contribution in [0, 0.1) is 13.8 Å². The van der Waals surface area contributed by atoms with Gasteiger partial charge >= 0.3 is 0 Å². The highest BCUT2D eigenvalue weighted by Crippen LogP contribution is 2.22. The van der Waals surface area contributed by atoms with E-state index in [1.165, 1.54) is 4.88 Å². The molecule has 1 amide bonds. The van der Waals surface area contributed by atoms with Gasteiger partial charge in [-0.25, -0.2) is 0 Å². The first-order valence-corrected chi connectivity index (χ1v) is 7.93. The summed E-state index contributed by atoms with van der Waals surface area (Å²) >= 11 is 1.72. The summed E-state index contributed by atoms with van der Waals surface area (Å²) in [5, 5.41) is 5.13. The highest BCUT2D eigenvalue weighted by molar-refractivity contribution is 7.10. The molecule has 1 aromatic heterocycles. The maximum Gasteiger partial charge on any atom is 0.251 e. The van der Waals surface area contributed by atoms with Crippen LogP contribution in [0.25, 0.3) is 0 Å². The van der Waals surface area contributed by atoms with E-state index in [-0.39, 0.29) is 11.9 Å². The quantitative estimate of drug-likeness (QED) is 0.918. The number of nitrogens with zero attached hydrogens (tertiary/aromatic N) is 1. The molecule has 0 bridgehead atoms. The van der Waals surface area contributed by atoms with E-state index < -0.39 is 0 Å². The minimum absolute atomic E-state index is 0.000365. The fourth-order valence-corrected chi connectivity index (χ4v) is 3.22. The predicted octanol–water partition coefficient (Wildman–Crippen LogP) is 3.40. The van der Waals surface area contributed by atoms with Crippen molar-refractivity contribution in [2.24, 2.45) is 0 Å². The summed E-state index contributed by atoms with van der Waals surface area (Å²) in [6.07, 6.45) is 0. The molecule has 0 fully saturated rings. The summed E-state index contributed by atoms with van der Waals surface area (Å²) in [7, 11) is 4.07. The van der Waals surface area contributed by atoms with Crippen molar-refractivity contribution in [3.8, 4) is 0 Å². The van der Waals surface area contributed by atoms with Crippen LogP contribution < -0.4 is 5.32 Å². The average Bonchev–Trinajstić information content (AvgIpc) is 2.95. The van der Waals surface area contributed by atoms with Crippen molar-refractivity contribution in [2.75, 3.05) is 20.6 Å². The molecule has 0 saturated carbocycles. The molecular formula is C17H22N2OS. The predicted molar refractivity (Wildman–Crippen MR) is 89.0 cm³/mol. The van der Waals surface area contributed by atoms with E-state index in [1.54, 1.807) is 11.3 Å². The van der Waals surface area contributed by atoms with Gasteiger partial charge in [-0.2, -0.15) is 0 Å². The number of aryl methyl sites for hydroxylation is 1. The van der Waals surface area contributed by atoms with Crippen LogP contribution in [0.4, 0.5) is 0 Å². The SMILES string of the molecule is Cc1cccc(C(=O)NCC(c2cccs2)N(C)C)c1C. The Kier molecular flexibility index (Phi) is 5.15. The van der Waals surface area contributed by atoms with Crippen LogP contribution >= 0.6 is 11.3 Å². The highest BCUT2D eigenvalue weighted by atomic mass is 32.1. The van der Waals surface area contributed by atoms with Gasteiger partial charge in [0, 0.05) is 17.0 Å². The van der Waals surface area contributed by atoms with E-state index in [0.717, 1.165) is 16.7 Å². The molecule has 3 nitrogen and oxygen atoms in total. The molecule has 1 unspecified atom stereocenters. The van der Waals surface area contributed by atoms with Crippen LogP contribution in [-0.4, -0.2) is 31.4 Å². The summed E-state index contributed by atoms with van der Waals surface area (Å²) < 4.78 is 0. The van der Waals surface area contributed by atoms with Gasteiger partial charge < -0.3 is 10.2 Å². The summed E-state index contributed by atoms with van der Waals surface area (Å²) in [6.45, 7) is 4.63. The molecule has 0 spiro atoms. The minimum atomic E-state index is -0.000365. The van der Waals surface area contributed by atoms with Crippen LogP contribution in [0.5, 0.6) is 0 Å². The molecule has 21 heavy (non-hydrogen) atoms. The Balaban J connectivity index is 2.07. The Bertz CT molecular complexity index is 605. The Hall–Kier alpha value is -1.65. The molecule has 1 heterocycles. The second kappa shape index (κ2) is 6.87. The molecule has 0 aliphatic rings. The summed E-state index contributed by atoms with van der Waals surface area (Å²) in [6, 6.07) is 10.2. The smallest absolute Gasteiger partial charge is 0.251 e. The number of nitrogens with one attached hydrogen (secondary N) is 1. The van der Waals surface area contributed by atoms with Crippen molar-refractivity contribution in [3.05, 3.63) is 57.3 Å². The lowest BCUT2D eigenvalue weighted by Crippen LogP contribution is -2.34. The third kappa shape index (κ3) is 3.71. The molecule has 0 radical (unpaired) electrons. The third-order valence-corrected chi connectivity index (χ3v) is 4.77. The fraction of sp³-hybridized carbons (Fsp3) is 0.353. The number of hydrogen-bond donors (Lipinski definition) is 1. The zero-order valence-electron chi connectivity index (χ0n) is 13.0. The lowest BCUT2D eigenvalue weighted by atomic mass is 10.0. The van der Waals surface area contributed by atoms with Gasteiger partial charge in [-0.15, -0.1) is 11.3 Å². The van der Waals surface area contributed by atoms with Gasteiger partial charge in [0.2, 0.25) is 0 Å². The fourth-order valence-electron chi connectivity index (χ4n) is 2.30. The Morgan fingerprint density at radius 1 is 1.24 bits per heavy atom. The van der Waals surface area contributed by atoms with Gasteiger partial charge in [-0.05, 0) is 56.6 Å². The topological polar surface area (TPSA) is 32.3 Å². The largest absolute Gasteiger partial charge is 0.350 e. The summed E-state index contributed by atoms with van der Waals surface area (Å²) in [4.78, 5) is 15.8. The van der Waals surface area contributed by atoms with E-state index in [9.17, 15) is 4.79 Å². The lowest BCUT2D eigenvalue weighted by molar-refractivity contribution is 0.0941. The number of benzene rings is 1. The summed E-state index contributed by atoms with van der Waals surface area (Å²) in [5.74, 6) is -0.000365.